The first-order valence-electron chi connectivity index (χ1n) is 11.2. The van der Waals surface area contributed by atoms with Crippen LogP contribution in [-0.4, -0.2) is 41.9 Å². The lowest BCUT2D eigenvalue weighted by Crippen LogP contribution is -2.55. The summed E-state index contributed by atoms with van der Waals surface area (Å²) in [6.45, 7) is 10.6. The summed E-state index contributed by atoms with van der Waals surface area (Å²) >= 11 is 0. The van der Waals surface area contributed by atoms with Crippen LogP contribution in [0.2, 0.25) is 0 Å². The van der Waals surface area contributed by atoms with Gasteiger partial charge in [0.05, 0.1) is 6.61 Å². The molecule has 4 rings (SSSR count). The van der Waals surface area contributed by atoms with Crippen molar-refractivity contribution < 1.29 is 14.3 Å². The Balaban J connectivity index is 1.54. The molecule has 1 aliphatic carbocycles. The number of amides is 2. The number of rotatable bonds is 4. The average molecular weight is 399 g/mol. The number of carbonyl (C=O) groups excluding carboxylic acids is 2. The quantitative estimate of drug-likeness (QED) is 0.757. The number of fused-ring (bicyclic) bond motifs is 1. The van der Waals surface area contributed by atoms with E-state index in [1.54, 1.807) is 0 Å². The van der Waals surface area contributed by atoms with Gasteiger partial charge in [-0.3, -0.25) is 9.59 Å². The minimum atomic E-state index is -0.225. The van der Waals surface area contributed by atoms with E-state index >= 15 is 0 Å². The fraction of sp³-hybridized carbons (Fsp3) is 0.667. The average Bonchev–Trinajstić information content (AvgIpc) is 3.53. The van der Waals surface area contributed by atoms with Crippen molar-refractivity contribution in [2.45, 2.75) is 71.3 Å². The molecule has 5 nitrogen and oxygen atoms in total. The molecule has 0 unspecified atom stereocenters. The van der Waals surface area contributed by atoms with Gasteiger partial charge in [-0.2, -0.15) is 0 Å². The van der Waals surface area contributed by atoms with E-state index in [-0.39, 0.29) is 23.3 Å². The third kappa shape index (κ3) is 3.88. The molecule has 1 aromatic rings. The molecule has 0 aromatic heterocycles. The first kappa shape index (κ1) is 20.2. The van der Waals surface area contributed by atoms with Crippen molar-refractivity contribution >= 4 is 17.5 Å². The van der Waals surface area contributed by atoms with Crippen LogP contribution in [-0.2, 0) is 9.59 Å². The minimum absolute atomic E-state index is 0.00893. The molecule has 3 aliphatic rings. The summed E-state index contributed by atoms with van der Waals surface area (Å²) in [7, 11) is 0. The van der Waals surface area contributed by atoms with Crippen LogP contribution in [0.4, 0.5) is 5.69 Å². The topological polar surface area (TPSA) is 49.9 Å². The van der Waals surface area contributed by atoms with Crippen molar-refractivity contribution in [2.75, 3.05) is 24.6 Å². The lowest BCUT2D eigenvalue weighted by molar-refractivity contribution is -0.136. The Bertz CT molecular complexity index is 791. The fourth-order valence-corrected chi connectivity index (χ4v) is 5.20. The van der Waals surface area contributed by atoms with Gasteiger partial charge in [0.2, 0.25) is 11.8 Å². The van der Waals surface area contributed by atoms with E-state index in [4.69, 9.17) is 4.74 Å². The molecule has 0 N–H and O–H groups in total. The number of ether oxygens (including phenoxy) is 1. The molecule has 1 saturated carbocycles. The van der Waals surface area contributed by atoms with E-state index in [1.807, 2.05) is 22.8 Å². The first-order valence-corrected chi connectivity index (χ1v) is 11.2. The van der Waals surface area contributed by atoms with E-state index in [1.165, 1.54) is 5.56 Å². The van der Waals surface area contributed by atoms with Gasteiger partial charge in [0.15, 0.2) is 0 Å². The van der Waals surface area contributed by atoms with E-state index in [9.17, 15) is 9.59 Å². The number of nitrogens with zero attached hydrogens (tertiary/aromatic N) is 2. The van der Waals surface area contributed by atoms with E-state index < -0.39 is 0 Å². The highest BCUT2D eigenvalue weighted by atomic mass is 16.5. The Kier molecular flexibility index (Phi) is 5.34. The number of hydrogen-bond donors (Lipinski definition) is 0. The summed E-state index contributed by atoms with van der Waals surface area (Å²) < 4.78 is 5.70. The van der Waals surface area contributed by atoms with Crippen LogP contribution in [0.1, 0.15) is 71.3 Å². The molecular formula is C24H34N2O3. The van der Waals surface area contributed by atoms with E-state index in [0.29, 0.717) is 31.5 Å². The molecule has 158 valence electrons. The molecule has 1 atom stereocenters. The second-order valence-corrected chi connectivity index (χ2v) is 9.62. The molecule has 5 heteroatoms. The molecule has 2 heterocycles. The van der Waals surface area contributed by atoms with Crippen LogP contribution in [0.25, 0.3) is 0 Å². The SMILES string of the molecule is CCOc1ccc2c(c1)[C@@H](C)CC(C)(C)N2C(=O)C1CCN(C(=O)C2CC2)CC1. The van der Waals surface area contributed by atoms with Crippen molar-refractivity contribution in [1.82, 2.24) is 4.90 Å². The number of piperidine rings is 1. The number of hydrogen-bond acceptors (Lipinski definition) is 3. The van der Waals surface area contributed by atoms with Gasteiger partial charge in [0.25, 0.3) is 0 Å². The summed E-state index contributed by atoms with van der Waals surface area (Å²) in [5, 5.41) is 0. The lowest BCUT2D eigenvalue weighted by atomic mass is 9.78. The predicted octanol–water partition coefficient (Wildman–Crippen LogP) is 4.35. The van der Waals surface area contributed by atoms with Crippen LogP contribution in [0.5, 0.6) is 5.75 Å². The molecule has 0 radical (unpaired) electrons. The van der Waals surface area contributed by atoms with Gasteiger partial charge >= 0.3 is 0 Å². The zero-order valence-corrected chi connectivity index (χ0v) is 18.2. The van der Waals surface area contributed by atoms with Crippen molar-refractivity contribution in [3.8, 4) is 5.75 Å². The summed E-state index contributed by atoms with van der Waals surface area (Å²) in [5.74, 6) is 2.02. The maximum absolute atomic E-state index is 13.7. The first-order chi connectivity index (χ1) is 13.8. The molecule has 2 fully saturated rings. The fourth-order valence-electron chi connectivity index (χ4n) is 5.20. The number of likely N-dealkylation sites (tertiary alicyclic amines) is 1. The summed E-state index contributed by atoms with van der Waals surface area (Å²) in [5.41, 5.74) is 2.00. The number of anilines is 1. The van der Waals surface area contributed by atoms with Gasteiger partial charge in [-0.15, -0.1) is 0 Å². The van der Waals surface area contributed by atoms with Gasteiger partial charge in [-0.25, -0.2) is 0 Å². The zero-order chi connectivity index (χ0) is 20.8. The highest BCUT2D eigenvalue weighted by molar-refractivity contribution is 5.98. The second kappa shape index (κ2) is 7.66. The van der Waals surface area contributed by atoms with Crippen LogP contribution < -0.4 is 9.64 Å². The largest absolute Gasteiger partial charge is 0.494 e. The van der Waals surface area contributed by atoms with E-state index in [2.05, 4.69) is 32.9 Å². The molecule has 1 aromatic carbocycles. The molecule has 1 saturated heterocycles. The second-order valence-electron chi connectivity index (χ2n) is 9.62. The number of benzene rings is 1. The van der Waals surface area contributed by atoms with Gasteiger partial charge in [-0.05, 0) is 82.6 Å². The monoisotopic (exact) mass is 398 g/mol. The minimum Gasteiger partial charge on any atom is -0.494 e. The smallest absolute Gasteiger partial charge is 0.230 e. The number of carbonyl (C=O) groups is 2. The van der Waals surface area contributed by atoms with Gasteiger partial charge in [-0.1, -0.05) is 6.92 Å². The van der Waals surface area contributed by atoms with Gasteiger partial charge < -0.3 is 14.5 Å². The summed E-state index contributed by atoms with van der Waals surface area (Å²) in [6, 6.07) is 6.14. The van der Waals surface area contributed by atoms with E-state index in [0.717, 1.165) is 43.5 Å². The maximum atomic E-state index is 13.7. The third-order valence-electron chi connectivity index (χ3n) is 6.80. The molecule has 0 bridgehead atoms. The highest BCUT2D eigenvalue weighted by Gasteiger charge is 2.43. The third-order valence-corrected chi connectivity index (χ3v) is 6.80. The normalized spacial score (nSPS) is 24.2. The Morgan fingerprint density at radius 1 is 1.07 bits per heavy atom. The molecular weight excluding hydrogens is 364 g/mol. The Morgan fingerprint density at radius 3 is 2.34 bits per heavy atom. The maximum Gasteiger partial charge on any atom is 0.230 e. The molecule has 2 aliphatic heterocycles. The highest BCUT2D eigenvalue weighted by Crippen LogP contribution is 2.45. The van der Waals surface area contributed by atoms with Crippen LogP contribution in [0, 0.1) is 11.8 Å². The van der Waals surface area contributed by atoms with Crippen LogP contribution in [0.15, 0.2) is 18.2 Å². The molecule has 29 heavy (non-hydrogen) atoms. The Labute approximate surface area is 174 Å². The summed E-state index contributed by atoms with van der Waals surface area (Å²) in [6.07, 6.45) is 4.55. The summed E-state index contributed by atoms with van der Waals surface area (Å²) in [4.78, 5) is 30.0. The Hall–Kier alpha value is -2.04. The van der Waals surface area contributed by atoms with Crippen molar-refractivity contribution in [3.05, 3.63) is 23.8 Å². The van der Waals surface area contributed by atoms with Gasteiger partial charge in [0, 0.05) is 36.2 Å². The van der Waals surface area contributed by atoms with Gasteiger partial charge in [0.1, 0.15) is 5.75 Å². The van der Waals surface area contributed by atoms with Crippen molar-refractivity contribution in [1.29, 1.82) is 0 Å². The Morgan fingerprint density at radius 2 is 1.72 bits per heavy atom. The van der Waals surface area contributed by atoms with Crippen molar-refractivity contribution in [2.24, 2.45) is 11.8 Å². The standard InChI is InChI=1S/C24H34N2O3/c1-5-29-19-8-9-21-20(14-19)16(2)15-24(3,4)26(21)23(28)18-10-12-25(13-11-18)22(27)17-6-7-17/h8-9,14,16-18H,5-7,10-13,15H2,1-4H3/t16-/m0/s1. The predicted molar refractivity (Wildman–Crippen MR) is 114 cm³/mol. The molecule has 0 spiro atoms. The zero-order valence-electron chi connectivity index (χ0n) is 18.2. The van der Waals surface area contributed by atoms with Crippen LogP contribution in [0.3, 0.4) is 0 Å². The molecule has 2 amide bonds. The lowest BCUT2D eigenvalue weighted by Gasteiger charge is -2.48. The van der Waals surface area contributed by atoms with Crippen molar-refractivity contribution in [3.63, 3.8) is 0 Å². The van der Waals surface area contributed by atoms with Crippen LogP contribution >= 0.6 is 0 Å².